The molecule has 0 bridgehead atoms. The molecule has 186 valence electrons. The molecule has 0 radical (unpaired) electrons. The molecule has 0 aliphatic rings. The van der Waals surface area contributed by atoms with E-state index in [4.69, 9.17) is 62.7 Å². The van der Waals surface area contributed by atoms with E-state index in [0.717, 1.165) is 0 Å². The highest BCUT2D eigenvalue weighted by molar-refractivity contribution is 9.10. The third kappa shape index (κ3) is 6.53. The third-order valence-corrected chi connectivity index (χ3v) is 6.92. The van der Waals surface area contributed by atoms with Crippen molar-refractivity contribution in [1.29, 1.82) is 0 Å². The van der Waals surface area contributed by atoms with Crippen LogP contribution in [0, 0.1) is 6.92 Å². The molecule has 0 unspecified atom stereocenters. The van der Waals surface area contributed by atoms with Gasteiger partial charge in [0.25, 0.3) is 5.91 Å². The Morgan fingerprint density at radius 3 is 2.43 bits per heavy atom. The summed E-state index contributed by atoms with van der Waals surface area (Å²) < 4.78 is 5.07. The number of carbonyl (C=O) groups is 2. The van der Waals surface area contributed by atoms with Gasteiger partial charge in [0.2, 0.25) is 3.79 Å². The molecule has 0 saturated carbocycles. The number of carbonyl (C=O) groups excluding carboxylic acids is 2. The van der Waals surface area contributed by atoms with Crippen LogP contribution in [-0.4, -0.2) is 36.2 Å². The molecule has 35 heavy (non-hydrogen) atoms. The smallest absolute Gasteiger partial charge is 0.412 e. The molecule has 14 heteroatoms. The van der Waals surface area contributed by atoms with Gasteiger partial charge in [0, 0.05) is 17.3 Å². The predicted molar refractivity (Wildman–Crippen MR) is 143 cm³/mol. The van der Waals surface area contributed by atoms with Crippen LogP contribution in [0.1, 0.15) is 29.9 Å². The minimum atomic E-state index is -1.88. The second kappa shape index (κ2) is 10.7. The first-order chi connectivity index (χ1) is 16.2. The number of hydrogen-bond donors (Lipinski definition) is 2. The molecule has 2 N–H and O–H groups in total. The molecule has 0 aliphatic carbocycles. The Bertz CT molecular complexity index is 1290. The first kappa shape index (κ1) is 27.8. The summed E-state index contributed by atoms with van der Waals surface area (Å²) in [5.41, 5.74) is -0.353. The average Bonchev–Trinajstić information content (AvgIpc) is 3.11. The summed E-state index contributed by atoms with van der Waals surface area (Å²) in [6.07, 6.45) is 0.597. The lowest BCUT2D eigenvalue weighted by molar-refractivity contribution is 0.0519. The van der Waals surface area contributed by atoms with E-state index in [9.17, 15) is 9.59 Å². The van der Waals surface area contributed by atoms with Crippen molar-refractivity contribution in [3.63, 3.8) is 0 Å². The summed E-state index contributed by atoms with van der Waals surface area (Å²) in [5.74, 6) is -0.304. The van der Waals surface area contributed by atoms with Crippen LogP contribution in [0.2, 0.25) is 10.0 Å². The van der Waals surface area contributed by atoms with Crippen LogP contribution < -0.4 is 10.6 Å². The van der Waals surface area contributed by atoms with Gasteiger partial charge >= 0.3 is 6.09 Å². The number of amides is 2. The van der Waals surface area contributed by atoms with E-state index in [1.165, 1.54) is 36.9 Å². The quantitative estimate of drug-likeness (QED) is 0.279. The molecule has 3 aromatic rings. The van der Waals surface area contributed by atoms with Crippen molar-refractivity contribution < 1.29 is 14.3 Å². The van der Waals surface area contributed by atoms with Crippen molar-refractivity contribution in [3.8, 4) is 5.82 Å². The Balaban J connectivity index is 1.93. The zero-order valence-corrected chi connectivity index (χ0v) is 23.7. The van der Waals surface area contributed by atoms with E-state index >= 15 is 0 Å². The zero-order chi connectivity index (χ0) is 26.1. The molecular weight excluding hydrogens is 627 g/mol. The maximum atomic E-state index is 13.3. The fourth-order valence-electron chi connectivity index (χ4n) is 2.82. The maximum Gasteiger partial charge on any atom is 0.412 e. The van der Waals surface area contributed by atoms with E-state index in [0.29, 0.717) is 20.2 Å². The normalized spacial score (nSPS) is 11.8. The number of pyridine rings is 1. The molecule has 2 aromatic heterocycles. The Kier molecular flexibility index (Phi) is 8.51. The van der Waals surface area contributed by atoms with Gasteiger partial charge in [-0.05, 0) is 66.5 Å². The minimum Gasteiger partial charge on any atom is -0.439 e. The molecule has 0 aliphatic heterocycles. The summed E-state index contributed by atoms with van der Waals surface area (Å²) in [6, 6.07) is 7.83. The first-order valence-corrected chi connectivity index (χ1v) is 12.4. The highest BCUT2D eigenvalue weighted by Gasteiger charge is 2.44. The van der Waals surface area contributed by atoms with E-state index < -0.39 is 21.4 Å². The number of nitrogens with one attached hydrogen (secondary N) is 2. The standard InChI is InChI=1S/C21H17BrCl5N5O3/c1-10-7-11(23)8-13(29-19(34)35-20(2,3)21(25,26)27)16(10)30-18(33)14-9-15(22)31-32(14)17-12(24)5-4-6-28-17/h4-9H,1-3H3,(H,29,34)(H,30,33). The number of ether oxygens (including phenoxy) is 1. The van der Waals surface area contributed by atoms with E-state index in [1.807, 2.05) is 0 Å². The Hall–Kier alpha value is -1.75. The summed E-state index contributed by atoms with van der Waals surface area (Å²) in [6.45, 7) is 4.58. The van der Waals surface area contributed by atoms with Gasteiger partial charge in [-0.1, -0.05) is 58.0 Å². The molecule has 0 saturated heterocycles. The van der Waals surface area contributed by atoms with Gasteiger partial charge in [0.05, 0.1) is 16.4 Å². The van der Waals surface area contributed by atoms with Crippen molar-refractivity contribution in [1.82, 2.24) is 14.8 Å². The summed E-state index contributed by atoms with van der Waals surface area (Å²) in [5, 5.41) is 10.2. The average molecular weight is 645 g/mol. The van der Waals surface area contributed by atoms with Crippen LogP contribution in [0.4, 0.5) is 16.2 Å². The highest BCUT2D eigenvalue weighted by atomic mass is 79.9. The zero-order valence-electron chi connectivity index (χ0n) is 18.3. The van der Waals surface area contributed by atoms with Gasteiger partial charge in [-0.3, -0.25) is 10.1 Å². The summed E-state index contributed by atoms with van der Waals surface area (Å²) >= 11 is 33.4. The van der Waals surface area contributed by atoms with Crippen LogP contribution in [0.5, 0.6) is 0 Å². The lowest BCUT2D eigenvalue weighted by atomic mass is 10.1. The van der Waals surface area contributed by atoms with Gasteiger partial charge in [-0.2, -0.15) is 5.10 Å². The molecule has 3 rings (SSSR count). The highest BCUT2D eigenvalue weighted by Crippen LogP contribution is 2.41. The van der Waals surface area contributed by atoms with Crippen molar-refractivity contribution in [2.75, 3.05) is 10.6 Å². The van der Waals surface area contributed by atoms with Crippen LogP contribution in [0.15, 0.2) is 41.1 Å². The topological polar surface area (TPSA) is 98.1 Å². The second-order valence-electron chi connectivity index (χ2n) is 7.69. The molecule has 2 amide bonds. The van der Waals surface area contributed by atoms with E-state index in [1.54, 1.807) is 25.1 Å². The largest absolute Gasteiger partial charge is 0.439 e. The van der Waals surface area contributed by atoms with Crippen LogP contribution >= 0.6 is 73.9 Å². The molecule has 2 heterocycles. The van der Waals surface area contributed by atoms with Crippen molar-refractivity contribution in [2.24, 2.45) is 0 Å². The molecule has 0 spiro atoms. The number of rotatable bonds is 5. The van der Waals surface area contributed by atoms with Gasteiger partial charge in [0.1, 0.15) is 10.3 Å². The van der Waals surface area contributed by atoms with Gasteiger partial charge in [-0.15, -0.1) is 0 Å². The van der Waals surface area contributed by atoms with E-state index in [-0.39, 0.29) is 22.9 Å². The van der Waals surface area contributed by atoms with Gasteiger partial charge in [0.15, 0.2) is 11.4 Å². The monoisotopic (exact) mass is 641 g/mol. The lowest BCUT2D eigenvalue weighted by Crippen LogP contribution is -2.42. The number of benzene rings is 1. The predicted octanol–water partition coefficient (Wildman–Crippen LogP) is 7.59. The lowest BCUT2D eigenvalue weighted by Gasteiger charge is -2.31. The molecule has 1 aromatic carbocycles. The summed E-state index contributed by atoms with van der Waals surface area (Å²) in [4.78, 5) is 30.0. The molecular formula is C21H17BrCl5N5O3. The first-order valence-electron chi connectivity index (χ1n) is 9.74. The van der Waals surface area contributed by atoms with Crippen molar-refractivity contribution in [3.05, 3.63) is 62.4 Å². The van der Waals surface area contributed by atoms with E-state index in [2.05, 4.69) is 36.6 Å². The number of aromatic nitrogens is 3. The molecule has 0 fully saturated rings. The Labute approximate surface area is 234 Å². The SMILES string of the molecule is Cc1cc(Cl)cc(NC(=O)OC(C)(C)C(Cl)(Cl)Cl)c1NC(=O)c1cc(Br)nn1-c1ncccc1Cl. The van der Waals surface area contributed by atoms with Crippen LogP contribution in [0.3, 0.4) is 0 Å². The third-order valence-electron chi connectivity index (χ3n) is 4.66. The fraction of sp³-hybridized carbons (Fsp3) is 0.238. The maximum absolute atomic E-state index is 13.3. The number of halogens is 6. The van der Waals surface area contributed by atoms with Gasteiger partial charge in [-0.25, -0.2) is 14.5 Å². The number of aryl methyl sites for hydroxylation is 1. The van der Waals surface area contributed by atoms with Crippen molar-refractivity contribution in [2.45, 2.75) is 30.2 Å². The number of hydrogen-bond acceptors (Lipinski definition) is 5. The van der Waals surface area contributed by atoms with Crippen LogP contribution in [0.25, 0.3) is 5.82 Å². The number of alkyl halides is 3. The Morgan fingerprint density at radius 1 is 1.11 bits per heavy atom. The molecule has 0 atom stereocenters. The number of anilines is 2. The molecule has 8 nitrogen and oxygen atoms in total. The fourth-order valence-corrected chi connectivity index (χ4v) is 3.78. The van der Waals surface area contributed by atoms with Crippen LogP contribution in [-0.2, 0) is 4.74 Å². The van der Waals surface area contributed by atoms with Gasteiger partial charge < -0.3 is 10.1 Å². The second-order valence-corrected chi connectivity index (χ2v) is 11.6. The van der Waals surface area contributed by atoms with Crippen molar-refractivity contribution >= 4 is 97.3 Å². The Morgan fingerprint density at radius 2 is 1.80 bits per heavy atom. The minimum absolute atomic E-state index is 0.123. The number of nitrogens with zero attached hydrogens (tertiary/aromatic N) is 3. The summed E-state index contributed by atoms with van der Waals surface area (Å²) in [7, 11) is 0.